The number of aliphatic carboxylic acids is 1. The Kier molecular flexibility index (Phi) is 5.03. The number of allylic oxidation sites excluding steroid dienone is 5. The molecule has 0 saturated heterocycles. The van der Waals surface area contributed by atoms with Crippen LogP contribution in [-0.4, -0.2) is 22.3 Å². The Hall–Kier alpha value is -1.49. The molecule has 0 aromatic rings. The Labute approximate surface area is 97.8 Å². The van der Waals surface area contributed by atoms with E-state index in [2.05, 4.69) is 0 Å². The predicted octanol–water partition coefficient (Wildman–Crippen LogP) is 2.64. The lowest BCUT2D eigenvalue weighted by atomic mass is 10.0. The van der Waals surface area contributed by atoms with Crippen molar-refractivity contribution in [3.63, 3.8) is 0 Å². The number of hydrogen-bond acceptors (Lipinski definition) is 2. The fourth-order valence-corrected chi connectivity index (χ4v) is 1.53. The third kappa shape index (κ3) is 5.40. The van der Waals surface area contributed by atoms with Gasteiger partial charge in [0.05, 0.1) is 12.5 Å². The highest BCUT2D eigenvalue weighted by molar-refractivity contribution is 5.67. The van der Waals surface area contributed by atoms with Crippen molar-refractivity contribution >= 4 is 5.97 Å². The monoisotopic (exact) mass is 244 g/mol. The fourth-order valence-electron chi connectivity index (χ4n) is 1.53. The van der Waals surface area contributed by atoms with Crippen LogP contribution < -0.4 is 0 Å². The Morgan fingerprint density at radius 1 is 1.29 bits per heavy atom. The summed E-state index contributed by atoms with van der Waals surface area (Å²) in [4.78, 5) is 10.4. The Morgan fingerprint density at radius 2 is 1.94 bits per heavy atom. The maximum atomic E-state index is 13.2. The zero-order chi connectivity index (χ0) is 12.8. The van der Waals surface area contributed by atoms with Gasteiger partial charge in [-0.3, -0.25) is 4.79 Å². The Balaban J connectivity index is 2.68. The maximum Gasteiger partial charge on any atom is 0.305 e. The summed E-state index contributed by atoms with van der Waals surface area (Å²) in [6, 6.07) is 0. The van der Waals surface area contributed by atoms with E-state index in [0.717, 1.165) is 6.08 Å². The molecule has 0 amide bonds. The van der Waals surface area contributed by atoms with Crippen LogP contribution in [0.5, 0.6) is 0 Å². The molecular formula is C12H14F2O3. The van der Waals surface area contributed by atoms with Crippen molar-refractivity contribution in [2.24, 2.45) is 0 Å². The second-order valence-corrected chi connectivity index (χ2v) is 3.89. The fraction of sp³-hybridized carbons (Fsp3) is 0.417. The lowest BCUT2D eigenvalue weighted by Crippen LogP contribution is -2.13. The maximum absolute atomic E-state index is 13.2. The van der Waals surface area contributed by atoms with Gasteiger partial charge in [-0.15, -0.1) is 0 Å². The summed E-state index contributed by atoms with van der Waals surface area (Å²) in [5, 5.41) is 17.9. The van der Waals surface area contributed by atoms with Gasteiger partial charge in [0, 0.05) is 12.8 Å². The Morgan fingerprint density at radius 3 is 2.59 bits per heavy atom. The number of carboxylic acids is 1. The van der Waals surface area contributed by atoms with Gasteiger partial charge < -0.3 is 10.2 Å². The molecule has 0 radical (unpaired) electrons. The second kappa shape index (κ2) is 6.30. The van der Waals surface area contributed by atoms with E-state index >= 15 is 0 Å². The van der Waals surface area contributed by atoms with Crippen molar-refractivity contribution in [3.05, 3.63) is 35.5 Å². The quantitative estimate of drug-likeness (QED) is 0.799. The molecule has 0 spiro atoms. The molecule has 0 aromatic carbocycles. The molecule has 0 aliphatic heterocycles. The van der Waals surface area contributed by atoms with Gasteiger partial charge in [0.1, 0.15) is 11.7 Å². The van der Waals surface area contributed by atoms with Crippen LogP contribution in [0.1, 0.15) is 25.7 Å². The minimum absolute atomic E-state index is 0.00694. The van der Waals surface area contributed by atoms with E-state index in [1.165, 1.54) is 12.2 Å². The lowest BCUT2D eigenvalue weighted by Gasteiger charge is -2.10. The van der Waals surface area contributed by atoms with Gasteiger partial charge in [0.15, 0.2) is 0 Å². The molecular weight excluding hydrogens is 230 g/mol. The number of hydrogen-bond donors (Lipinski definition) is 2. The van der Waals surface area contributed by atoms with E-state index in [-0.39, 0.29) is 19.3 Å². The van der Waals surface area contributed by atoms with Crippen molar-refractivity contribution in [2.45, 2.75) is 31.8 Å². The second-order valence-electron chi connectivity index (χ2n) is 3.89. The molecule has 0 aromatic heterocycles. The van der Waals surface area contributed by atoms with Crippen LogP contribution in [-0.2, 0) is 4.79 Å². The smallest absolute Gasteiger partial charge is 0.305 e. The van der Waals surface area contributed by atoms with Crippen molar-refractivity contribution in [1.82, 2.24) is 0 Å². The summed E-state index contributed by atoms with van der Waals surface area (Å²) in [5.41, 5.74) is 0.416. The topological polar surface area (TPSA) is 57.5 Å². The van der Waals surface area contributed by atoms with E-state index in [1.54, 1.807) is 0 Å². The number of aliphatic hydroxyl groups is 1. The molecule has 0 saturated carbocycles. The third-order valence-electron chi connectivity index (χ3n) is 2.30. The molecule has 5 heteroatoms. The molecule has 1 unspecified atom stereocenters. The van der Waals surface area contributed by atoms with Crippen molar-refractivity contribution in [1.29, 1.82) is 0 Å². The summed E-state index contributed by atoms with van der Waals surface area (Å²) >= 11 is 0. The average Bonchev–Trinajstić information content (AvgIpc) is 2.20. The SMILES string of the molecule is O=C(O)CC(O)CC1=CCC(F)=CCC(F)=C1. The molecule has 0 fully saturated rings. The van der Waals surface area contributed by atoms with Gasteiger partial charge in [-0.2, -0.15) is 0 Å². The lowest BCUT2D eigenvalue weighted by molar-refractivity contribution is -0.139. The molecule has 1 atom stereocenters. The minimum Gasteiger partial charge on any atom is -0.481 e. The number of carbonyl (C=O) groups is 1. The van der Waals surface area contributed by atoms with Gasteiger partial charge in [-0.05, 0) is 24.1 Å². The zero-order valence-electron chi connectivity index (χ0n) is 9.20. The first-order valence-electron chi connectivity index (χ1n) is 5.27. The normalized spacial score (nSPS) is 18.4. The Bertz CT molecular complexity index is 383. The van der Waals surface area contributed by atoms with E-state index < -0.39 is 30.1 Å². The van der Waals surface area contributed by atoms with Gasteiger partial charge >= 0.3 is 5.97 Å². The third-order valence-corrected chi connectivity index (χ3v) is 2.30. The first-order valence-corrected chi connectivity index (χ1v) is 5.27. The number of rotatable bonds is 4. The van der Waals surface area contributed by atoms with E-state index in [9.17, 15) is 18.7 Å². The number of carboxylic acid groups (broad SMARTS) is 1. The predicted molar refractivity (Wildman–Crippen MR) is 58.6 cm³/mol. The van der Waals surface area contributed by atoms with Crippen LogP contribution in [0.4, 0.5) is 8.78 Å². The van der Waals surface area contributed by atoms with Crippen LogP contribution in [0.3, 0.4) is 0 Å². The van der Waals surface area contributed by atoms with E-state index in [0.29, 0.717) is 5.57 Å². The average molecular weight is 244 g/mol. The summed E-state index contributed by atoms with van der Waals surface area (Å²) in [6.45, 7) is 0. The largest absolute Gasteiger partial charge is 0.481 e. The zero-order valence-corrected chi connectivity index (χ0v) is 9.20. The highest BCUT2D eigenvalue weighted by atomic mass is 19.1. The van der Waals surface area contributed by atoms with Gasteiger partial charge in [0.25, 0.3) is 0 Å². The first kappa shape index (κ1) is 13.6. The molecule has 3 nitrogen and oxygen atoms in total. The molecule has 1 aliphatic rings. The molecule has 94 valence electrons. The van der Waals surface area contributed by atoms with Gasteiger partial charge in [-0.1, -0.05) is 6.08 Å². The van der Waals surface area contributed by atoms with Gasteiger partial charge in [0.2, 0.25) is 0 Å². The van der Waals surface area contributed by atoms with Crippen molar-refractivity contribution in [2.75, 3.05) is 0 Å². The summed E-state index contributed by atoms with van der Waals surface area (Å²) in [6.07, 6.45) is 2.26. The van der Waals surface area contributed by atoms with Crippen molar-refractivity contribution in [3.8, 4) is 0 Å². The van der Waals surface area contributed by atoms with Crippen LogP contribution in [0.15, 0.2) is 35.5 Å². The highest BCUT2D eigenvalue weighted by Crippen LogP contribution is 2.21. The standard InChI is InChI=1S/C12H14F2O3/c13-9-2-1-8(5-10(14)4-3-9)6-11(15)7-12(16)17/h1,3,5,11,15H,2,4,6-7H2,(H,16,17). The molecule has 2 N–H and O–H groups in total. The number of halogens is 2. The molecule has 0 bridgehead atoms. The van der Waals surface area contributed by atoms with Crippen molar-refractivity contribution < 1.29 is 23.8 Å². The summed E-state index contributed by atoms with van der Waals surface area (Å²) < 4.78 is 26.2. The summed E-state index contributed by atoms with van der Waals surface area (Å²) in [5.74, 6) is -2.06. The first-order chi connectivity index (χ1) is 7.97. The van der Waals surface area contributed by atoms with Crippen LogP contribution in [0.2, 0.25) is 0 Å². The molecule has 1 rings (SSSR count). The van der Waals surface area contributed by atoms with Gasteiger partial charge in [-0.25, -0.2) is 8.78 Å². The summed E-state index contributed by atoms with van der Waals surface area (Å²) in [7, 11) is 0. The molecule has 1 aliphatic carbocycles. The van der Waals surface area contributed by atoms with Crippen LogP contribution >= 0.6 is 0 Å². The van der Waals surface area contributed by atoms with E-state index in [4.69, 9.17) is 5.11 Å². The highest BCUT2D eigenvalue weighted by Gasteiger charge is 2.12. The van der Waals surface area contributed by atoms with E-state index in [1.807, 2.05) is 0 Å². The van der Waals surface area contributed by atoms with Crippen LogP contribution in [0.25, 0.3) is 0 Å². The van der Waals surface area contributed by atoms with Crippen LogP contribution in [0, 0.1) is 0 Å². The minimum atomic E-state index is -1.13. The number of aliphatic hydroxyl groups excluding tert-OH is 1. The molecule has 0 heterocycles. The molecule has 17 heavy (non-hydrogen) atoms.